The minimum Gasteiger partial charge on any atom is -0.381 e. The smallest absolute Gasteiger partial charge is 0.127 e. The first kappa shape index (κ1) is 15.4. The molecule has 0 amide bonds. The van der Waals surface area contributed by atoms with Crippen molar-refractivity contribution in [2.75, 3.05) is 39.9 Å². The molecule has 1 atom stereocenters. The van der Waals surface area contributed by atoms with Gasteiger partial charge >= 0.3 is 0 Å². The van der Waals surface area contributed by atoms with Crippen molar-refractivity contribution in [3.05, 3.63) is 35.6 Å². The van der Waals surface area contributed by atoms with Crippen LogP contribution in [0.5, 0.6) is 0 Å². The van der Waals surface area contributed by atoms with Crippen LogP contribution in [0, 0.1) is 11.2 Å². The zero-order valence-corrected chi connectivity index (χ0v) is 12.5. The van der Waals surface area contributed by atoms with E-state index in [0.29, 0.717) is 6.54 Å². The zero-order valence-electron chi connectivity index (χ0n) is 12.5. The monoisotopic (exact) mass is 280 g/mol. The molecule has 1 aliphatic heterocycles. The molecule has 1 aromatic carbocycles. The van der Waals surface area contributed by atoms with Gasteiger partial charge in [0.05, 0.1) is 6.61 Å². The first-order chi connectivity index (χ1) is 9.65. The Morgan fingerprint density at radius 2 is 2.20 bits per heavy atom. The number of benzene rings is 1. The number of nitrogens with one attached hydrogen (secondary N) is 1. The van der Waals surface area contributed by atoms with Gasteiger partial charge in [0.1, 0.15) is 5.82 Å². The van der Waals surface area contributed by atoms with Crippen LogP contribution >= 0.6 is 0 Å². The Balaban J connectivity index is 1.95. The lowest BCUT2D eigenvalue weighted by molar-refractivity contribution is 0.116. The van der Waals surface area contributed by atoms with Crippen LogP contribution in [-0.2, 0) is 11.3 Å². The fourth-order valence-electron chi connectivity index (χ4n) is 2.91. The van der Waals surface area contributed by atoms with Crippen LogP contribution in [0.1, 0.15) is 18.9 Å². The predicted octanol–water partition coefficient (Wildman–Crippen LogP) is 2.27. The lowest BCUT2D eigenvalue weighted by Gasteiger charge is -2.32. The minimum absolute atomic E-state index is 0.122. The Morgan fingerprint density at radius 3 is 2.85 bits per heavy atom. The molecule has 1 aromatic rings. The lowest BCUT2D eigenvalue weighted by atomic mass is 9.86. The first-order valence-electron chi connectivity index (χ1n) is 7.36. The van der Waals surface area contributed by atoms with Crippen molar-refractivity contribution in [3.8, 4) is 0 Å². The second-order valence-electron chi connectivity index (χ2n) is 5.85. The van der Waals surface area contributed by atoms with Crippen LogP contribution in [0.2, 0.25) is 0 Å². The van der Waals surface area contributed by atoms with E-state index in [4.69, 9.17) is 4.74 Å². The van der Waals surface area contributed by atoms with Gasteiger partial charge in [0.2, 0.25) is 0 Å². The number of hydrogen-bond donors (Lipinski definition) is 1. The fraction of sp³-hybridized carbons (Fsp3) is 0.625. The van der Waals surface area contributed by atoms with Crippen molar-refractivity contribution in [2.24, 2.45) is 5.41 Å². The van der Waals surface area contributed by atoms with E-state index in [1.807, 2.05) is 12.1 Å². The van der Waals surface area contributed by atoms with Gasteiger partial charge in [-0.2, -0.15) is 0 Å². The second-order valence-corrected chi connectivity index (χ2v) is 5.85. The van der Waals surface area contributed by atoms with E-state index >= 15 is 0 Å². The maximum absolute atomic E-state index is 13.7. The summed E-state index contributed by atoms with van der Waals surface area (Å²) in [4.78, 5) is 2.20. The number of rotatable bonds is 7. The molecule has 0 bridgehead atoms. The summed E-state index contributed by atoms with van der Waals surface area (Å²) in [5.74, 6) is -0.122. The molecule has 3 nitrogen and oxygen atoms in total. The van der Waals surface area contributed by atoms with Gasteiger partial charge in [-0.05, 0) is 26.1 Å². The highest BCUT2D eigenvalue weighted by Crippen LogP contribution is 2.29. The summed E-state index contributed by atoms with van der Waals surface area (Å²) in [6, 6.07) is 7.00. The highest BCUT2D eigenvalue weighted by molar-refractivity contribution is 5.17. The molecule has 1 unspecified atom stereocenters. The van der Waals surface area contributed by atoms with Crippen LogP contribution in [0.25, 0.3) is 0 Å². The van der Waals surface area contributed by atoms with Gasteiger partial charge in [-0.1, -0.05) is 25.1 Å². The largest absolute Gasteiger partial charge is 0.381 e. The quantitative estimate of drug-likeness (QED) is 0.829. The van der Waals surface area contributed by atoms with Crippen molar-refractivity contribution < 1.29 is 9.13 Å². The molecule has 1 N–H and O–H groups in total. The third-order valence-corrected chi connectivity index (χ3v) is 3.94. The molecule has 4 heteroatoms. The lowest BCUT2D eigenvalue weighted by Crippen LogP contribution is -2.43. The van der Waals surface area contributed by atoms with Crippen LogP contribution in [0.15, 0.2) is 24.3 Å². The first-order valence-corrected chi connectivity index (χ1v) is 7.36. The van der Waals surface area contributed by atoms with E-state index in [1.54, 1.807) is 6.07 Å². The second kappa shape index (κ2) is 7.16. The number of nitrogens with zero attached hydrogens (tertiary/aromatic N) is 1. The molecule has 1 fully saturated rings. The van der Waals surface area contributed by atoms with E-state index in [1.165, 1.54) is 6.07 Å². The molecule has 1 aliphatic rings. The molecule has 0 aliphatic carbocycles. The molecule has 20 heavy (non-hydrogen) atoms. The van der Waals surface area contributed by atoms with Crippen molar-refractivity contribution in [1.29, 1.82) is 0 Å². The summed E-state index contributed by atoms with van der Waals surface area (Å²) < 4.78 is 19.3. The molecule has 0 aromatic heterocycles. The Labute approximate surface area is 121 Å². The molecule has 112 valence electrons. The fourth-order valence-corrected chi connectivity index (χ4v) is 2.91. The summed E-state index contributed by atoms with van der Waals surface area (Å²) in [5, 5.41) is 3.43. The van der Waals surface area contributed by atoms with Gasteiger partial charge in [0.25, 0.3) is 0 Å². The molecule has 0 radical (unpaired) electrons. The van der Waals surface area contributed by atoms with Crippen LogP contribution in [-0.4, -0.2) is 44.8 Å². The average Bonchev–Trinajstić information content (AvgIpc) is 2.88. The van der Waals surface area contributed by atoms with Gasteiger partial charge < -0.3 is 15.0 Å². The summed E-state index contributed by atoms with van der Waals surface area (Å²) in [6.07, 6.45) is 1.07. The summed E-state index contributed by atoms with van der Waals surface area (Å²) >= 11 is 0. The van der Waals surface area contributed by atoms with Gasteiger partial charge in [-0.15, -0.1) is 0 Å². The molecular weight excluding hydrogens is 255 g/mol. The normalized spacial score (nSPS) is 22.6. The number of halogens is 1. The number of ether oxygens (including phenoxy) is 1. The van der Waals surface area contributed by atoms with Crippen LogP contribution < -0.4 is 5.32 Å². The summed E-state index contributed by atoms with van der Waals surface area (Å²) in [6.45, 7) is 7.24. The van der Waals surface area contributed by atoms with Gasteiger partial charge in [0, 0.05) is 37.2 Å². The van der Waals surface area contributed by atoms with Gasteiger partial charge in [-0.3, -0.25) is 0 Å². The van der Waals surface area contributed by atoms with E-state index in [-0.39, 0.29) is 11.2 Å². The molecule has 0 saturated carbocycles. The van der Waals surface area contributed by atoms with E-state index in [9.17, 15) is 4.39 Å². The molecule has 2 rings (SSSR count). The molecule has 0 spiro atoms. The standard InChI is InChI=1S/C16H25FN2O/c1-3-18-11-16(8-9-20-13-16)12-19(2)10-14-6-4-5-7-15(14)17/h4-7,18H,3,8-13H2,1-2H3. The Morgan fingerprint density at radius 1 is 1.40 bits per heavy atom. The predicted molar refractivity (Wildman–Crippen MR) is 79.1 cm³/mol. The third kappa shape index (κ3) is 4.01. The van der Waals surface area contributed by atoms with Crippen LogP contribution in [0.3, 0.4) is 0 Å². The highest BCUT2D eigenvalue weighted by Gasteiger charge is 2.35. The summed E-state index contributed by atoms with van der Waals surface area (Å²) in [5.41, 5.74) is 0.920. The van der Waals surface area contributed by atoms with Crippen molar-refractivity contribution in [2.45, 2.75) is 19.9 Å². The van der Waals surface area contributed by atoms with Crippen molar-refractivity contribution in [3.63, 3.8) is 0 Å². The Bertz CT molecular complexity index is 419. The van der Waals surface area contributed by atoms with Crippen LogP contribution in [0.4, 0.5) is 4.39 Å². The maximum Gasteiger partial charge on any atom is 0.127 e. The van der Waals surface area contributed by atoms with Crippen molar-refractivity contribution in [1.82, 2.24) is 10.2 Å². The molecule has 1 heterocycles. The SMILES string of the molecule is CCNCC1(CN(C)Cc2ccccc2F)CCOC1. The van der Waals surface area contributed by atoms with Gasteiger partial charge in [-0.25, -0.2) is 4.39 Å². The van der Waals surface area contributed by atoms with E-state index < -0.39 is 0 Å². The average molecular weight is 280 g/mol. The minimum atomic E-state index is -0.122. The van der Waals surface area contributed by atoms with E-state index in [2.05, 4.69) is 24.2 Å². The van der Waals surface area contributed by atoms with Gasteiger partial charge in [0.15, 0.2) is 0 Å². The summed E-state index contributed by atoms with van der Waals surface area (Å²) in [7, 11) is 2.05. The Hall–Kier alpha value is -0.970. The molecule has 1 saturated heterocycles. The van der Waals surface area contributed by atoms with E-state index in [0.717, 1.165) is 44.8 Å². The zero-order chi connectivity index (χ0) is 14.4. The Kier molecular flexibility index (Phi) is 5.52. The topological polar surface area (TPSA) is 24.5 Å². The highest BCUT2D eigenvalue weighted by atomic mass is 19.1. The number of hydrogen-bond acceptors (Lipinski definition) is 3. The molecular formula is C16H25FN2O. The van der Waals surface area contributed by atoms with Crippen molar-refractivity contribution >= 4 is 0 Å². The maximum atomic E-state index is 13.7. The third-order valence-electron chi connectivity index (χ3n) is 3.94.